The molecular weight excluding hydrogens is 285 g/mol. The predicted molar refractivity (Wildman–Crippen MR) is 93.3 cm³/mol. The zero-order chi connectivity index (χ0) is 16.3. The van der Waals surface area contributed by atoms with Gasteiger partial charge in [-0.05, 0) is 55.2 Å². The fourth-order valence-electron chi connectivity index (χ4n) is 3.44. The van der Waals surface area contributed by atoms with Gasteiger partial charge >= 0.3 is 0 Å². The van der Waals surface area contributed by atoms with Crippen LogP contribution in [0.25, 0.3) is 0 Å². The third-order valence-electron chi connectivity index (χ3n) is 4.88. The minimum atomic E-state index is -0.147. The topological polar surface area (TPSA) is 23.8 Å². The van der Waals surface area contributed by atoms with Crippen LogP contribution in [0.5, 0.6) is 0 Å². The molecule has 1 nitrogen and oxygen atoms in total. The SMILES string of the molecule is N#CC=CC=CCCC1CCC(CCc2ccc(F)cc2)CC1. The molecule has 0 aliphatic heterocycles. The van der Waals surface area contributed by atoms with E-state index in [9.17, 15) is 4.39 Å². The van der Waals surface area contributed by atoms with Gasteiger partial charge < -0.3 is 0 Å². The first-order chi connectivity index (χ1) is 11.3. The summed E-state index contributed by atoms with van der Waals surface area (Å²) in [6, 6.07) is 8.93. The van der Waals surface area contributed by atoms with Crippen LogP contribution in [0.4, 0.5) is 4.39 Å². The van der Waals surface area contributed by atoms with Crippen LogP contribution >= 0.6 is 0 Å². The Morgan fingerprint density at radius 2 is 1.65 bits per heavy atom. The van der Waals surface area contributed by atoms with E-state index in [0.717, 1.165) is 24.7 Å². The first kappa shape index (κ1) is 17.5. The highest BCUT2D eigenvalue weighted by Crippen LogP contribution is 2.33. The zero-order valence-electron chi connectivity index (χ0n) is 13.8. The number of aryl methyl sites for hydroxylation is 1. The Kier molecular flexibility index (Phi) is 7.60. The number of allylic oxidation sites excluding steroid dienone is 4. The fraction of sp³-hybridized carbons (Fsp3) is 0.476. The van der Waals surface area contributed by atoms with Crippen molar-refractivity contribution in [2.45, 2.75) is 51.4 Å². The number of benzene rings is 1. The summed E-state index contributed by atoms with van der Waals surface area (Å²) in [5.41, 5.74) is 1.25. The van der Waals surface area contributed by atoms with Gasteiger partial charge in [-0.15, -0.1) is 0 Å². The lowest BCUT2D eigenvalue weighted by atomic mass is 9.78. The highest BCUT2D eigenvalue weighted by molar-refractivity contribution is 5.16. The third-order valence-corrected chi connectivity index (χ3v) is 4.88. The van der Waals surface area contributed by atoms with E-state index in [1.54, 1.807) is 18.2 Å². The molecule has 1 fully saturated rings. The quantitative estimate of drug-likeness (QED) is 0.449. The van der Waals surface area contributed by atoms with Crippen LogP contribution in [0.3, 0.4) is 0 Å². The monoisotopic (exact) mass is 311 g/mol. The smallest absolute Gasteiger partial charge is 0.123 e. The van der Waals surface area contributed by atoms with Crippen molar-refractivity contribution in [3.05, 3.63) is 60.0 Å². The molecule has 0 saturated heterocycles. The minimum Gasteiger partial charge on any atom is -0.207 e. The molecule has 0 heterocycles. The molecule has 1 aliphatic carbocycles. The fourth-order valence-corrected chi connectivity index (χ4v) is 3.44. The minimum absolute atomic E-state index is 0.147. The number of nitriles is 1. The van der Waals surface area contributed by atoms with Crippen LogP contribution in [0, 0.1) is 29.0 Å². The van der Waals surface area contributed by atoms with Gasteiger partial charge in [0.2, 0.25) is 0 Å². The lowest BCUT2D eigenvalue weighted by Gasteiger charge is -2.28. The van der Waals surface area contributed by atoms with Crippen LogP contribution in [0.1, 0.15) is 50.5 Å². The van der Waals surface area contributed by atoms with Crippen LogP contribution in [-0.4, -0.2) is 0 Å². The van der Waals surface area contributed by atoms with Crippen molar-refractivity contribution in [1.82, 2.24) is 0 Å². The second-order valence-corrected chi connectivity index (χ2v) is 6.55. The zero-order valence-corrected chi connectivity index (χ0v) is 13.8. The van der Waals surface area contributed by atoms with Gasteiger partial charge in [-0.1, -0.05) is 56.0 Å². The molecule has 0 aromatic heterocycles. The highest BCUT2D eigenvalue weighted by Gasteiger charge is 2.20. The van der Waals surface area contributed by atoms with Gasteiger partial charge in [-0.25, -0.2) is 4.39 Å². The average molecular weight is 311 g/mol. The standard InChI is InChI=1S/C21H26FN/c22-21-15-13-20(14-16-21)12-11-19-9-7-18(8-10-19)6-4-2-1-3-5-17-23/h1-3,5,13-16,18-19H,4,6-12H2. The van der Waals surface area contributed by atoms with Gasteiger partial charge in [-0.3, -0.25) is 0 Å². The van der Waals surface area contributed by atoms with Crippen LogP contribution < -0.4 is 0 Å². The second-order valence-electron chi connectivity index (χ2n) is 6.55. The molecule has 0 amide bonds. The summed E-state index contributed by atoms with van der Waals surface area (Å²) in [7, 11) is 0. The van der Waals surface area contributed by atoms with E-state index in [4.69, 9.17) is 5.26 Å². The maximum Gasteiger partial charge on any atom is 0.123 e. The Balaban J connectivity index is 1.60. The number of hydrogen-bond donors (Lipinski definition) is 0. The molecule has 1 saturated carbocycles. The summed E-state index contributed by atoms with van der Waals surface area (Å²) in [5.74, 6) is 1.55. The van der Waals surface area contributed by atoms with Crippen LogP contribution in [0.15, 0.2) is 48.6 Å². The van der Waals surface area contributed by atoms with Crippen molar-refractivity contribution < 1.29 is 4.39 Å². The summed E-state index contributed by atoms with van der Waals surface area (Å²) in [4.78, 5) is 0. The molecule has 0 bridgehead atoms. The molecule has 0 spiro atoms. The van der Waals surface area contributed by atoms with E-state index in [-0.39, 0.29) is 5.82 Å². The summed E-state index contributed by atoms with van der Waals surface area (Å²) in [6.07, 6.45) is 17.5. The van der Waals surface area contributed by atoms with E-state index in [0.29, 0.717) is 0 Å². The Hall–Kier alpha value is -1.88. The molecule has 0 N–H and O–H groups in total. The maximum absolute atomic E-state index is 12.9. The second kappa shape index (κ2) is 10.0. The van der Waals surface area contributed by atoms with Gasteiger partial charge in [0, 0.05) is 6.08 Å². The summed E-state index contributed by atoms with van der Waals surface area (Å²) in [5, 5.41) is 8.39. The maximum atomic E-state index is 12.9. The van der Waals surface area contributed by atoms with Gasteiger partial charge in [0.25, 0.3) is 0 Å². The van der Waals surface area contributed by atoms with Crippen molar-refractivity contribution in [2.75, 3.05) is 0 Å². The molecule has 23 heavy (non-hydrogen) atoms. The normalized spacial score (nSPS) is 21.7. The summed E-state index contributed by atoms with van der Waals surface area (Å²) in [6.45, 7) is 0. The largest absolute Gasteiger partial charge is 0.207 e. The molecule has 122 valence electrons. The summed E-state index contributed by atoms with van der Waals surface area (Å²) < 4.78 is 12.9. The van der Waals surface area contributed by atoms with Gasteiger partial charge in [0.15, 0.2) is 0 Å². The van der Waals surface area contributed by atoms with E-state index >= 15 is 0 Å². The highest BCUT2D eigenvalue weighted by atomic mass is 19.1. The molecule has 2 rings (SSSR count). The summed E-state index contributed by atoms with van der Waals surface area (Å²) >= 11 is 0. The van der Waals surface area contributed by atoms with Crippen LogP contribution in [0.2, 0.25) is 0 Å². The van der Waals surface area contributed by atoms with Crippen molar-refractivity contribution in [2.24, 2.45) is 11.8 Å². The lowest BCUT2D eigenvalue weighted by molar-refractivity contribution is 0.254. The predicted octanol–water partition coefficient (Wildman–Crippen LogP) is 5.98. The van der Waals surface area contributed by atoms with Gasteiger partial charge in [0.05, 0.1) is 6.07 Å². The Labute approximate surface area is 139 Å². The molecule has 1 aromatic carbocycles. The molecule has 0 radical (unpaired) electrons. The lowest BCUT2D eigenvalue weighted by Crippen LogP contribution is -2.15. The number of hydrogen-bond acceptors (Lipinski definition) is 1. The van der Waals surface area contributed by atoms with Crippen molar-refractivity contribution in [1.29, 1.82) is 5.26 Å². The van der Waals surface area contributed by atoms with E-state index in [1.807, 2.05) is 24.3 Å². The third kappa shape index (κ3) is 6.82. The van der Waals surface area contributed by atoms with Gasteiger partial charge in [0.1, 0.15) is 5.82 Å². The van der Waals surface area contributed by atoms with Crippen LogP contribution in [-0.2, 0) is 6.42 Å². The Morgan fingerprint density at radius 3 is 2.30 bits per heavy atom. The molecular formula is C21H26FN. The number of nitrogens with zero attached hydrogens (tertiary/aromatic N) is 1. The molecule has 0 unspecified atom stereocenters. The number of rotatable bonds is 7. The van der Waals surface area contributed by atoms with Crippen molar-refractivity contribution in [3.8, 4) is 6.07 Å². The van der Waals surface area contributed by atoms with Crippen molar-refractivity contribution in [3.63, 3.8) is 0 Å². The molecule has 1 aliphatic rings. The molecule has 1 aromatic rings. The first-order valence-corrected chi connectivity index (χ1v) is 8.73. The van der Waals surface area contributed by atoms with E-state index in [1.165, 1.54) is 50.2 Å². The average Bonchev–Trinajstić information content (AvgIpc) is 2.58. The van der Waals surface area contributed by atoms with E-state index in [2.05, 4.69) is 6.08 Å². The van der Waals surface area contributed by atoms with Crippen molar-refractivity contribution >= 4 is 0 Å². The van der Waals surface area contributed by atoms with E-state index < -0.39 is 0 Å². The molecule has 0 atom stereocenters. The number of halogens is 1. The van der Waals surface area contributed by atoms with Gasteiger partial charge in [-0.2, -0.15) is 5.26 Å². The Bertz CT molecular complexity index is 542. The first-order valence-electron chi connectivity index (χ1n) is 8.73. The Morgan fingerprint density at radius 1 is 1.00 bits per heavy atom. The molecule has 2 heteroatoms.